The van der Waals surface area contributed by atoms with E-state index < -0.39 is 0 Å². The molecule has 0 spiro atoms. The van der Waals surface area contributed by atoms with Crippen LogP contribution in [0, 0.1) is 0 Å². The van der Waals surface area contributed by atoms with E-state index in [1.54, 1.807) is 31.4 Å². The average molecular weight is 424 g/mol. The molecule has 6 nitrogen and oxygen atoms in total. The van der Waals surface area contributed by atoms with Crippen molar-refractivity contribution >= 4 is 39.1 Å². The first-order chi connectivity index (χ1) is 14.1. The van der Waals surface area contributed by atoms with Crippen LogP contribution in [0.2, 0.25) is 0 Å². The van der Waals surface area contributed by atoms with E-state index in [0.29, 0.717) is 26.7 Å². The van der Waals surface area contributed by atoms with Crippen molar-refractivity contribution in [3.8, 4) is 16.2 Å². The van der Waals surface area contributed by atoms with Crippen LogP contribution in [0.25, 0.3) is 20.7 Å². The molecule has 4 rings (SSSR count). The number of carbonyl (C=O) groups is 1. The fourth-order valence-electron chi connectivity index (χ4n) is 2.81. The lowest BCUT2D eigenvalue weighted by molar-refractivity contribution is 0.102. The number of nitrogen functional groups attached to an aromatic ring is 1. The lowest BCUT2D eigenvalue weighted by atomic mass is 10.1. The number of fused-ring (bicyclic) bond motifs is 1. The van der Waals surface area contributed by atoms with Crippen LogP contribution in [0.1, 0.15) is 10.4 Å². The largest absolute Gasteiger partial charge is 0.497 e. The summed E-state index contributed by atoms with van der Waals surface area (Å²) in [6.07, 6.45) is 0. The van der Waals surface area contributed by atoms with Crippen LogP contribution in [0.4, 0.5) is 0 Å². The standard InChI is InChI=1S/C21H17N3O3S2/c1-27-15-9-7-13(8-10-15)17(25)12-28-21-23-16-11-18(14-5-3-2-4-6-14)29-19(16)20(26)24(21)22/h2-11H,12,22H2,1H3. The Labute approximate surface area is 174 Å². The molecule has 0 radical (unpaired) electrons. The minimum atomic E-state index is -0.318. The van der Waals surface area contributed by atoms with Crippen molar-refractivity contribution in [2.45, 2.75) is 5.16 Å². The predicted molar refractivity (Wildman–Crippen MR) is 118 cm³/mol. The van der Waals surface area contributed by atoms with Crippen LogP contribution < -0.4 is 16.1 Å². The van der Waals surface area contributed by atoms with Crippen LogP contribution in [0.5, 0.6) is 5.75 Å². The van der Waals surface area contributed by atoms with Gasteiger partial charge in [-0.15, -0.1) is 11.3 Å². The van der Waals surface area contributed by atoms with Gasteiger partial charge < -0.3 is 10.6 Å². The van der Waals surface area contributed by atoms with Crippen LogP contribution >= 0.6 is 23.1 Å². The number of nitrogens with two attached hydrogens (primary N) is 1. The molecule has 2 aromatic heterocycles. The number of rotatable bonds is 6. The molecule has 0 bridgehead atoms. The molecule has 2 N–H and O–H groups in total. The molecular formula is C21H17N3O3S2. The van der Waals surface area contributed by atoms with Crippen molar-refractivity contribution in [1.82, 2.24) is 9.66 Å². The van der Waals surface area contributed by atoms with E-state index in [4.69, 9.17) is 10.6 Å². The number of ketones is 1. The molecule has 0 unspecified atom stereocenters. The van der Waals surface area contributed by atoms with Crippen LogP contribution in [0.3, 0.4) is 0 Å². The Morgan fingerprint density at radius 2 is 1.90 bits per heavy atom. The van der Waals surface area contributed by atoms with Gasteiger partial charge in [0.1, 0.15) is 10.4 Å². The van der Waals surface area contributed by atoms with E-state index in [1.807, 2.05) is 36.4 Å². The Hall–Kier alpha value is -3.10. The summed E-state index contributed by atoms with van der Waals surface area (Å²) in [7, 11) is 1.57. The number of thioether (sulfide) groups is 1. The second kappa shape index (κ2) is 8.10. The molecular weight excluding hydrogens is 406 g/mol. The number of aromatic nitrogens is 2. The number of nitrogens with zero attached hydrogens (tertiary/aromatic N) is 2. The first kappa shape index (κ1) is 19.2. The van der Waals surface area contributed by atoms with E-state index in [2.05, 4.69) is 4.98 Å². The monoisotopic (exact) mass is 423 g/mol. The molecule has 2 heterocycles. The Balaban J connectivity index is 1.59. The molecule has 0 aliphatic rings. The third-order valence-corrected chi connectivity index (χ3v) is 6.46. The van der Waals surface area contributed by atoms with Gasteiger partial charge in [0.25, 0.3) is 5.56 Å². The highest BCUT2D eigenvalue weighted by Crippen LogP contribution is 2.31. The number of Topliss-reactive ketones (excluding diaryl/α,β-unsaturated/α-hetero) is 1. The molecule has 29 heavy (non-hydrogen) atoms. The number of carbonyl (C=O) groups excluding carboxylic acids is 1. The fourth-order valence-corrected chi connectivity index (χ4v) is 4.66. The molecule has 8 heteroatoms. The number of benzene rings is 2. The summed E-state index contributed by atoms with van der Waals surface area (Å²) in [4.78, 5) is 30.6. The molecule has 0 aliphatic heterocycles. The summed E-state index contributed by atoms with van der Waals surface area (Å²) < 4.78 is 6.61. The van der Waals surface area contributed by atoms with E-state index >= 15 is 0 Å². The first-order valence-corrected chi connectivity index (χ1v) is 10.5. The van der Waals surface area contributed by atoms with Gasteiger partial charge in [-0.05, 0) is 35.9 Å². The highest BCUT2D eigenvalue weighted by atomic mass is 32.2. The first-order valence-electron chi connectivity index (χ1n) is 8.74. The molecule has 0 atom stereocenters. The number of thiophene rings is 1. The minimum absolute atomic E-state index is 0.0812. The molecule has 146 valence electrons. The average Bonchev–Trinajstić information content (AvgIpc) is 3.20. The van der Waals surface area contributed by atoms with Crippen molar-refractivity contribution in [3.63, 3.8) is 0 Å². The van der Waals surface area contributed by atoms with E-state index in [1.165, 1.54) is 11.3 Å². The lowest BCUT2D eigenvalue weighted by Gasteiger charge is -2.06. The summed E-state index contributed by atoms with van der Waals surface area (Å²) in [5.74, 6) is 6.68. The van der Waals surface area contributed by atoms with Crippen molar-refractivity contribution < 1.29 is 9.53 Å². The Kier molecular flexibility index (Phi) is 5.37. The van der Waals surface area contributed by atoms with Crippen molar-refractivity contribution in [2.24, 2.45) is 0 Å². The van der Waals surface area contributed by atoms with Gasteiger partial charge in [0.15, 0.2) is 10.9 Å². The van der Waals surface area contributed by atoms with Gasteiger partial charge in [-0.25, -0.2) is 9.66 Å². The molecule has 4 aromatic rings. The lowest BCUT2D eigenvalue weighted by Crippen LogP contribution is -2.29. The topological polar surface area (TPSA) is 87.2 Å². The van der Waals surface area contributed by atoms with Crippen LogP contribution in [-0.2, 0) is 0 Å². The minimum Gasteiger partial charge on any atom is -0.497 e. The second-order valence-corrected chi connectivity index (χ2v) is 8.20. The zero-order valence-corrected chi connectivity index (χ0v) is 17.1. The summed E-state index contributed by atoms with van der Waals surface area (Å²) in [6.45, 7) is 0. The smallest absolute Gasteiger partial charge is 0.290 e. The summed E-state index contributed by atoms with van der Waals surface area (Å²) >= 11 is 2.51. The third kappa shape index (κ3) is 3.90. The predicted octanol–water partition coefficient (Wildman–Crippen LogP) is 3.82. The van der Waals surface area contributed by atoms with Crippen LogP contribution in [0.15, 0.2) is 70.6 Å². The number of hydrogen-bond acceptors (Lipinski definition) is 7. The normalized spacial score (nSPS) is 10.9. The molecule has 0 saturated carbocycles. The molecule has 0 fully saturated rings. The zero-order chi connectivity index (χ0) is 20.4. The van der Waals surface area contributed by atoms with Crippen LogP contribution in [-0.4, -0.2) is 28.3 Å². The van der Waals surface area contributed by atoms with E-state index in [-0.39, 0.29) is 17.1 Å². The van der Waals surface area contributed by atoms with E-state index in [0.717, 1.165) is 26.9 Å². The SMILES string of the molecule is COc1ccc(C(=O)CSc2nc3cc(-c4ccccc4)sc3c(=O)n2N)cc1. The number of ether oxygens (including phenoxy) is 1. The highest BCUT2D eigenvalue weighted by Gasteiger charge is 2.15. The van der Waals surface area contributed by atoms with Gasteiger partial charge in [0.05, 0.1) is 18.4 Å². The van der Waals surface area contributed by atoms with Crippen molar-refractivity contribution in [2.75, 3.05) is 18.7 Å². The maximum absolute atomic E-state index is 12.7. The Bertz CT molecular complexity index is 1230. The number of methoxy groups -OCH3 is 1. The molecule has 2 aromatic carbocycles. The maximum atomic E-state index is 12.7. The fraction of sp³-hybridized carbons (Fsp3) is 0.0952. The quantitative estimate of drug-likeness (QED) is 0.220. The number of hydrogen-bond donors (Lipinski definition) is 1. The van der Waals surface area contributed by atoms with Gasteiger partial charge in [-0.1, -0.05) is 42.1 Å². The van der Waals surface area contributed by atoms with Crippen molar-refractivity contribution in [1.29, 1.82) is 0 Å². The summed E-state index contributed by atoms with van der Waals surface area (Å²) in [5.41, 5.74) is 1.84. The van der Waals surface area contributed by atoms with Gasteiger partial charge in [-0.3, -0.25) is 9.59 Å². The van der Waals surface area contributed by atoms with Gasteiger partial charge in [0, 0.05) is 10.4 Å². The van der Waals surface area contributed by atoms with E-state index in [9.17, 15) is 9.59 Å². The maximum Gasteiger partial charge on any atom is 0.290 e. The molecule has 0 saturated heterocycles. The van der Waals surface area contributed by atoms with Gasteiger partial charge >= 0.3 is 0 Å². The Morgan fingerprint density at radius 3 is 2.59 bits per heavy atom. The van der Waals surface area contributed by atoms with Gasteiger partial charge in [-0.2, -0.15) is 0 Å². The molecule has 0 amide bonds. The summed E-state index contributed by atoms with van der Waals surface area (Å²) in [5, 5.41) is 0.307. The third-order valence-electron chi connectivity index (χ3n) is 4.35. The summed E-state index contributed by atoms with van der Waals surface area (Å²) in [6, 6.07) is 18.6. The van der Waals surface area contributed by atoms with Crippen molar-refractivity contribution in [3.05, 3.63) is 76.6 Å². The Morgan fingerprint density at radius 1 is 1.17 bits per heavy atom. The zero-order valence-electron chi connectivity index (χ0n) is 15.5. The molecule has 0 aliphatic carbocycles. The highest BCUT2D eigenvalue weighted by molar-refractivity contribution is 7.99. The van der Waals surface area contributed by atoms with Gasteiger partial charge in [0.2, 0.25) is 0 Å². The second-order valence-electron chi connectivity index (χ2n) is 6.20.